The second kappa shape index (κ2) is 8.47. The van der Waals surface area contributed by atoms with Gasteiger partial charge in [-0.3, -0.25) is 9.59 Å². The van der Waals surface area contributed by atoms with E-state index in [-0.39, 0.29) is 11.8 Å². The van der Waals surface area contributed by atoms with Crippen molar-refractivity contribution in [2.75, 3.05) is 13.1 Å². The topological polar surface area (TPSA) is 67.2 Å². The lowest BCUT2D eigenvalue weighted by Crippen LogP contribution is -2.46. The average molecular weight is 390 g/mol. The Morgan fingerprint density at radius 2 is 1.97 bits per heavy atom. The van der Waals surface area contributed by atoms with Crippen molar-refractivity contribution < 1.29 is 9.59 Å². The molecule has 1 atom stereocenters. The van der Waals surface area contributed by atoms with Crippen LogP contribution in [0.25, 0.3) is 10.8 Å². The molecule has 1 unspecified atom stereocenters. The fourth-order valence-corrected chi connectivity index (χ4v) is 4.06. The van der Waals surface area contributed by atoms with E-state index in [0.717, 1.165) is 42.1 Å². The molecule has 0 fully saturated rings. The van der Waals surface area contributed by atoms with Crippen LogP contribution in [0.5, 0.6) is 0 Å². The first-order chi connectivity index (χ1) is 14.2. The van der Waals surface area contributed by atoms with E-state index in [1.165, 1.54) is 0 Å². The van der Waals surface area contributed by atoms with Crippen LogP contribution in [0, 0.1) is 0 Å². The molecule has 6 nitrogen and oxygen atoms in total. The molecule has 2 aromatic carbocycles. The van der Waals surface area contributed by atoms with Gasteiger partial charge in [-0.25, -0.2) is 4.98 Å². The molecular weight excluding hydrogens is 364 g/mol. The lowest BCUT2D eigenvalue weighted by molar-refractivity contribution is -0.126. The van der Waals surface area contributed by atoms with E-state index in [2.05, 4.69) is 17.2 Å². The Kier molecular flexibility index (Phi) is 5.60. The molecule has 1 N–H and O–H groups in total. The second-order valence-electron chi connectivity index (χ2n) is 7.45. The Balaban J connectivity index is 1.66. The fourth-order valence-electron chi connectivity index (χ4n) is 4.06. The molecule has 3 aromatic rings. The first-order valence-electron chi connectivity index (χ1n) is 10.3. The van der Waals surface area contributed by atoms with Gasteiger partial charge in [0.2, 0.25) is 5.91 Å². The first-order valence-corrected chi connectivity index (χ1v) is 10.3. The van der Waals surface area contributed by atoms with Crippen LogP contribution in [0.4, 0.5) is 0 Å². The lowest BCUT2D eigenvalue weighted by Gasteiger charge is -2.36. The van der Waals surface area contributed by atoms with Crippen molar-refractivity contribution in [3.8, 4) is 0 Å². The van der Waals surface area contributed by atoms with Crippen LogP contribution in [0.2, 0.25) is 0 Å². The van der Waals surface area contributed by atoms with Gasteiger partial charge in [0.15, 0.2) is 0 Å². The normalized spacial score (nSPS) is 15.7. The van der Waals surface area contributed by atoms with E-state index in [9.17, 15) is 9.59 Å². The smallest absolute Gasteiger partial charge is 0.255 e. The number of nitrogens with one attached hydrogen (secondary N) is 1. The number of hydrogen-bond donors (Lipinski definition) is 1. The zero-order chi connectivity index (χ0) is 20.2. The van der Waals surface area contributed by atoms with Gasteiger partial charge in [0, 0.05) is 43.0 Å². The predicted molar refractivity (Wildman–Crippen MR) is 112 cm³/mol. The van der Waals surface area contributed by atoms with E-state index >= 15 is 0 Å². The molecule has 2 heterocycles. The summed E-state index contributed by atoms with van der Waals surface area (Å²) in [6.07, 6.45) is 8.10. The van der Waals surface area contributed by atoms with Crippen molar-refractivity contribution in [1.82, 2.24) is 19.8 Å². The van der Waals surface area contributed by atoms with Crippen LogP contribution in [-0.2, 0) is 11.3 Å². The van der Waals surface area contributed by atoms with Gasteiger partial charge >= 0.3 is 0 Å². The number of amides is 2. The molecule has 0 spiro atoms. The van der Waals surface area contributed by atoms with E-state index in [0.29, 0.717) is 18.7 Å². The zero-order valence-electron chi connectivity index (χ0n) is 16.7. The molecule has 1 aliphatic rings. The third kappa shape index (κ3) is 3.75. The highest BCUT2D eigenvalue weighted by atomic mass is 16.2. The highest BCUT2D eigenvalue weighted by Crippen LogP contribution is 2.37. The summed E-state index contributed by atoms with van der Waals surface area (Å²) in [4.78, 5) is 32.3. The fraction of sp³-hybridized carbons (Fsp3) is 0.348. The summed E-state index contributed by atoms with van der Waals surface area (Å²) in [7, 11) is 0. The molecule has 2 amide bonds. The Labute approximate surface area is 170 Å². The number of unbranched alkanes of at least 4 members (excludes halogenated alkanes) is 1. The number of aromatic nitrogens is 2. The Morgan fingerprint density at radius 3 is 2.72 bits per heavy atom. The van der Waals surface area contributed by atoms with Crippen molar-refractivity contribution in [2.24, 2.45) is 0 Å². The number of benzene rings is 2. The summed E-state index contributed by atoms with van der Waals surface area (Å²) in [6.45, 7) is 3.98. The number of aryl methyl sites for hydroxylation is 1. The molecule has 6 heteroatoms. The number of nitrogens with zero attached hydrogens (tertiary/aromatic N) is 3. The van der Waals surface area contributed by atoms with Crippen LogP contribution in [0.3, 0.4) is 0 Å². The molecule has 0 bridgehead atoms. The van der Waals surface area contributed by atoms with Gasteiger partial charge in [0.05, 0.1) is 6.33 Å². The van der Waals surface area contributed by atoms with Crippen LogP contribution < -0.4 is 5.32 Å². The largest absolute Gasteiger partial charge is 0.354 e. The molecule has 0 saturated heterocycles. The minimum atomic E-state index is -0.597. The number of rotatable bonds is 8. The lowest BCUT2D eigenvalue weighted by atomic mass is 9.88. The molecule has 150 valence electrons. The minimum absolute atomic E-state index is 0.0735. The van der Waals surface area contributed by atoms with Crippen LogP contribution in [-0.4, -0.2) is 39.4 Å². The number of imidazole rings is 1. The summed E-state index contributed by atoms with van der Waals surface area (Å²) in [6, 6.07) is 11.1. The van der Waals surface area contributed by atoms with Crippen molar-refractivity contribution in [3.05, 3.63) is 66.2 Å². The maximum absolute atomic E-state index is 13.4. The van der Waals surface area contributed by atoms with Crippen molar-refractivity contribution in [3.63, 3.8) is 0 Å². The van der Waals surface area contributed by atoms with Crippen molar-refractivity contribution >= 4 is 22.6 Å². The van der Waals surface area contributed by atoms with Crippen molar-refractivity contribution in [1.29, 1.82) is 0 Å². The number of hydrogen-bond acceptors (Lipinski definition) is 3. The average Bonchev–Trinajstić information content (AvgIpc) is 3.25. The third-order valence-corrected chi connectivity index (χ3v) is 5.49. The zero-order valence-corrected chi connectivity index (χ0v) is 16.7. The molecule has 4 rings (SSSR count). The van der Waals surface area contributed by atoms with Crippen LogP contribution in [0.15, 0.2) is 55.1 Å². The SMILES string of the molecule is CCCCNC(=O)C1c2cccc3cccc(c23)C(=O)N1CCCn1ccnc1. The molecular formula is C23H26N4O2. The summed E-state index contributed by atoms with van der Waals surface area (Å²) >= 11 is 0. The number of carbonyl (C=O) groups excluding carboxylic acids is 2. The van der Waals surface area contributed by atoms with Gasteiger partial charge in [-0.1, -0.05) is 43.7 Å². The molecule has 0 radical (unpaired) electrons. The van der Waals surface area contributed by atoms with Crippen LogP contribution in [0.1, 0.15) is 48.1 Å². The van der Waals surface area contributed by atoms with Gasteiger partial charge in [-0.2, -0.15) is 0 Å². The standard InChI is InChI=1S/C23H26N4O2/c1-2-3-11-25-22(28)21-18-9-4-7-17-8-5-10-19(20(17)18)23(29)27(21)14-6-13-26-15-12-24-16-26/h4-5,7-10,12,15-16,21H,2-3,6,11,13-14H2,1H3,(H,25,28). The van der Waals surface area contributed by atoms with Gasteiger partial charge < -0.3 is 14.8 Å². The highest BCUT2D eigenvalue weighted by Gasteiger charge is 2.37. The van der Waals surface area contributed by atoms with Gasteiger partial charge in [0.1, 0.15) is 6.04 Å². The highest BCUT2D eigenvalue weighted by molar-refractivity contribution is 6.13. The molecule has 0 saturated carbocycles. The Bertz CT molecular complexity index is 1010. The van der Waals surface area contributed by atoms with Gasteiger partial charge in [-0.05, 0) is 29.9 Å². The van der Waals surface area contributed by atoms with E-state index in [4.69, 9.17) is 0 Å². The van der Waals surface area contributed by atoms with Gasteiger partial charge in [-0.15, -0.1) is 0 Å². The Hall–Kier alpha value is -3.15. The summed E-state index contributed by atoms with van der Waals surface area (Å²) < 4.78 is 1.99. The summed E-state index contributed by atoms with van der Waals surface area (Å²) in [5, 5.41) is 4.94. The first kappa shape index (κ1) is 19.2. The van der Waals surface area contributed by atoms with E-state index in [1.807, 2.05) is 47.2 Å². The second-order valence-corrected chi connectivity index (χ2v) is 7.45. The third-order valence-electron chi connectivity index (χ3n) is 5.49. The molecule has 1 aliphatic heterocycles. The van der Waals surface area contributed by atoms with Crippen molar-refractivity contribution in [2.45, 2.75) is 38.8 Å². The monoisotopic (exact) mass is 390 g/mol. The predicted octanol–water partition coefficient (Wildman–Crippen LogP) is 3.54. The number of carbonyl (C=O) groups is 2. The quantitative estimate of drug-likeness (QED) is 0.598. The Morgan fingerprint density at radius 1 is 1.14 bits per heavy atom. The molecule has 0 aliphatic carbocycles. The maximum Gasteiger partial charge on any atom is 0.255 e. The van der Waals surface area contributed by atoms with Gasteiger partial charge in [0.25, 0.3) is 5.91 Å². The van der Waals surface area contributed by atoms with Crippen LogP contribution >= 0.6 is 0 Å². The molecule has 1 aromatic heterocycles. The molecule has 29 heavy (non-hydrogen) atoms. The summed E-state index contributed by atoms with van der Waals surface area (Å²) in [5.41, 5.74) is 1.59. The summed E-state index contributed by atoms with van der Waals surface area (Å²) in [5.74, 6) is -0.174. The van der Waals surface area contributed by atoms with E-state index < -0.39 is 6.04 Å². The maximum atomic E-state index is 13.4. The minimum Gasteiger partial charge on any atom is -0.354 e. The van der Waals surface area contributed by atoms with E-state index in [1.54, 1.807) is 17.4 Å².